The summed E-state index contributed by atoms with van der Waals surface area (Å²) in [6, 6.07) is 13.1. The molecule has 0 spiro atoms. The number of rotatable bonds is 13. The second kappa shape index (κ2) is 12.5. The first-order valence-corrected chi connectivity index (χ1v) is 10.8. The van der Waals surface area contributed by atoms with Crippen molar-refractivity contribution in [1.29, 1.82) is 5.26 Å². The molecule has 0 heterocycles. The van der Waals surface area contributed by atoms with Gasteiger partial charge in [-0.3, -0.25) is 4.79 Å². The normalized spacial score (nSPS) is 15.4. The molecule has 27 heavy (non-hydrogen) atoms. The van der Waals surface area contributed by atoms with Crippen LogP contribution in [0.3, 0.4) is 0 Å². The number of carbonyl (C=O) groups is 1. The summed E-state index contributed by atoms with van der Waals surface area (Å²) < 4.78 is 0. The van der Waals surface area contributed by atoms with E-state index in [-0.39, 0.29) is 11.9 Å². The summed E-state index contributed by atoms with van der Waals surface area (Å²) in [5.41, 5.74) is 0.557. The smallest absolute Gasteiger partial charge is 0.217 e. The molecule has 1 rings (SSSR count). The molecule has 0 fully saturated rings. The van der Waals surface area contributed by atoms with Crippen molar-refractivity contribution in [3.63, 3.8) is 0 Å². The third-order valence-corrected chi connectivity index (χ3v) is 5.59. The highest BCUT2D eigenvalue weighted by atomic mass is 16.1. The van der Waals surface area contributed by atoms with Crippen LogP contribution in [0.15, 0.2) is 30.3 Å². The molecule has 0 aliphatic heterocycles. The molecule has 3 atom stereocenters. The molecule has 1 amide bonds. The lowest BCUT2D eigenvalue weighted by molar-refractivity contribution is -0.119. The highest BCUT2D eigenvalue weighted by Gasteiger charge is 2.41. The van der Waals surface area contributed by atoms with E-state index in [1.807, 2.05) is 18.2 Å². The van der Waals surface area contributed by atoms with E-state index in [9.17, 15) is 10.1 Å². The van der Waals surface area contributed by atoms with Crippen molar-refractivity contribution in [2.45, 2.75) is 96.9 Å². The lowest BCUT2D eigenvalue weighted by atomic mass is 9.64. The molecule has 1 N–H and O–H groups in total. The molecule has 0 aromatic heterocycles. The van der Waals surface area contributed by atoms with Crippen LogP contribution >= 0.6 is 0 Å². The predicted octanol–water partition coefficient (Wildman–Crippen LogP) is 6.14. The molecule has 1 aromatic carbocycles. The first kappa shape index (κ1) is 23.2. The number of amides is 1. The van der Waals surface area contributed by atoms with Crippen LogP contribution in [0.25, 0.3) is 0 Å². The zero-order valence-corrected chi connectivity index (χ0v) is 17.8. The predicted molar refractivity (Wildman–Crippen MR) is 113 cm³/mol. The third kappa shape index (κ3) is 7.01. The number of nitriles is 1. The second-order valence-electron chi connectivity index (χ2n) is 7.82. The maximum Gasteiger partial charge on any atom is 0.217 e. The Labute approximate surface area is 166 Å². The summed E-state index contributed by atoms with van der Waals surface area (Å²) in [6.07, 6.45) is 9.35. The van der Waals surface area contributed by atoms with Gasteiger partial charge in [0.2, 0.25) is 5.91 Å². The molecule has 0 saturated heterocycles. The van der Waals surface area contributed by atoms with Crippen molar-refractivity contribution in [2.24, 2.45) is 5.92 Å². The largest absolute Gasteiger partial charge is 0.354 e. The minimum absolute atomic E-state index is 0.00799. The Kier molecular flexibility index (Phi) is 10.8. The van der Waals surface area contributed by atoms with E-state index in [1.54, 1.807) is 6.92 Å². The van der Waals surface area contributed by atoms with Crippen molar-refractivity contribution in [3.8, 4) is 6.07 Å². The van der Waals surface area contributed by atoms with Gasteiger partial charge >= 0.3 is 0 Å². The summed E-state index contributed by atoms with van der Waals surface area (Å²) >= 11 is 0. The monoisotopic (exact) mass is 370 g/mol. The van der Waals surface area contributed by atoms with Crippen LogP contribution in [0.1, 0.15) is 91.0 Å². The van der Waals surface area contributed by atoms with E-state index < -0.39 is 5.41 Å². The number of hydrogen-bond donors (Lipinski definition) is 1. The maximum absolute atomic E-state index is 11.8. The molecule has 0 aliphatic carbocycles. The van der Waals surface area contributed by atoms with Crippen molar-refractivity contribution in [2.75, 3.05) is 0 Å². The van der Waals surface area contributed by atoms with Crippen molar-refractivity contribution in [3.05, 3.63) is 35.9 Å². The minimum atomic E-state index is -0.548. The topological polar surface area (TPSA) is 52.9 Å². The van der Waals surface area contributed by atoms with Gasteiger partial charge in [-0.25, -0.2) is 0 Å². The fourth-order valence-electron chi connectivity index (χ4n) is 4.33. The van der Waals surface area contributed by atoms with Crippen LogP contribution < -0.4 is 5.32 Å². The van der Waals surface area contributed by atoms with E-state index >= 15 is 0 Å². The first-order chi connectivity index (χ1) is 13.0. The Bertz CT molecular complexity index is 578. The van der Waals surface area contributed by atoms with Gasteiger partial charge in [0.05, 0.1) is 11.5 Å². The molecule has 0 bridgehead atoms. The summed E-state index contributed by atoms with van der Waals surface area (Å²) in [7, 11) is 0. The lowest BCUT2D eigenvalue weighted by Crippen LogP contribution is -2.43. The fraction of sp³-hybridized carbons (Fsp3) is 0.667. The highest BCUT2D eigenvalue weighted by Crippen LogP contribution is 2.42. The van der Waals surface area contributed by atoms with Crippen LogP contribution in [0.2, 0.25) is 0 Å². The summed E-state index contributed by atoms with van der Waals surface area (Å²) in [5, 5.41) is 13.6. The SMILES string of the molecule is CCCCCC(CCC)C(C#N)(CC(CCC)NC(C)=O)c1ccccc1. The minimum Gasteiger partial charge on any atom is -0.354 e. The number of hydrogen-bond acceptors (Lipinski definition) is 2. The van der Waals surface area contributed by atoms with E-state index in [4.69, 9.17) is 0 Å². The van der Waals surface area contributed by atoms with Gasteiger partial charge in [0, 0.05) is 13.0 Å². The molecular weight excluding hydrogens is 332 g/mol. The zero-order chi connectivity index (χ0) is 20.1. The standard InChI is InChI=1S/C24H38N2O/c1-5-8-10-15-21(13-6-2)24(19-25,22-16-11-9-12-17-22)18-23(14-7-3)26-20(4)27/h9,11-12,16-17,21,23H,5-8,10,13-15,18H2,1-4H3,(H,26,27). The molecule has 3 nitrogen and oxygen atoms in total. The van der Waals surface area contributed by atoms with E-state index in [1.165, 1.54) is 12.8 Å². The Morgan fingerprint density at radius 3 is 2.22 bits per heavy atom. The quantitative estimate of drug-likeness (QED) is 0.424. The van der Waals surface area contributed by atoms with Gasteiger partial charge in [-0.05, 0) is 37.2 Å². The summed E-state index contributed by atoms with van der Waals surface area (Å²) in [6.45, 7) is 8.13. The lowest BCUT2D eigenvalue weighted by Gasteiger charge is -2.38. The van der Waals surface area contributed by atoms with E-state index in [2.05, 4.69) is 44.3 Å². The Morgan fingerprint density at radius 2 is 1.70 bits per heavy atom. The van der Waals surface area contributed by atoms with Gasteiger partial charge in [0.25, 0.3) is 0 Å². The second-order valence-corrected chi connectivity index (χ2v) is 7.82. The Balaban J connectivity index is 3.30. The highest BCUT2D eigenvalue weighted by molar-refractivity contribution is 5.73. The summed E-state index contributed by atoms with van der Waals surface area (Å²) in [5.74, 6) is 0.306. The van der Waals surface area contributed by atoms with Crippen molar-refractivity contribution in [1.82, 2.24) is 5.32 Å². The fourth-order valence-corrected chi connectivity index (χ4v) is 4.33. The van der Waals surface area contributed by atoms with Crippen LogP contribution in [0.4, 0.5) is 0 Å². The zero-order valence-electron chi connectivity index (χ0n) is 17.8. The maximum atomic E-state index is 11.8. The van der Waals surface area contributed by atoms with Gasteiger partial charge in [0.1, 0.15) is 0 Å². The average Bonchev–Trinajstić information content (AvgIpc) is 2.66. The van der Waals surface area contributed by atoms with Crippen LogP contribution in [0, 0.1) is 17.2 Å². The number of carbonyl (C=O) groups excluding carboxylic acids is 1. The number of nitrogens with zero attached hydrogens (tertiary/aromatic N) is 1. The molecule has 1 aromatic rings. The Hall–Kier alpha value is -1.82. The molecule has 3 unspecified atom stereocenters. The number of unbranched alkanes of at least 4 members (excludes halogenated alkanes) is 2. The molecule has 0 radical (unpaired) electrons. The first-order valence-electron chi connectivity index (χ1n) is 10.8. The molecular formula is C24H38N2O. The van der Waals surface area contributed by atoms with E-state index in [0.717, 1.165) is 44.1 Å². The Morgan fingerprint density at radius 1 is 1.04 bits per heavy atom. The number of benzene rings is 1. The van der Waals surface area contributed by atoms with Crippen molar-refractivity contribution >= 4 is 5.91 Å². The molecule has 0 saturated carbocycles. The summed E-state index contributed by atoms with van der Waals surface area (Å²) in [4.78, 5) is 11.8. The van der Waals surface area contributed by atoms with Gasteiger partial charge < -0.3 is 5.32 Å². The van der Waals surface area contributed by atoms with Crippen molar-refractivity contribution < 1.29 is 4.79 Å². The van der Waals surface area contributed by atoms with Gasteiger partial charge in [0.15, 0.2) is 0 Å². The third-order valence-electron chi connectivity index (χ3n) is 5.59. The molecule has 0 aliphatic rings. The van der Waals surface area contributed by atoms with Gasteiger partial charge in [-0.2, -0.15) is 5.26 Å². The average molecular weight is 371 g/mol. The van der Waals surface area contributed by atoms with Gasteiger partial charge in [-0.1, -0.05) is 83.2 Å². The molecule has 3 heteroatoms. The van der Waals surface area contributed by atoms with Crippen LogP contribution in [-0.2, 0) is 10.2 Å². The number of nitrogens with one attached hydrogen (secondary N) is 1. The van der Waals surface area contributed by atoms with Crippen LogP contribution in [-0.4, -0.2) is 11.9 Å². The van der Waals surface area contributed by atoms with Crippen LogP contribution in [0.5, 0.6) is 0 Å². The van der Waals surface area contributed by atoms with E-state index in [0.29, 0.717) is 12.3 Å². The van der Waals surface area contributed by atoms with Gasteiger partial charge in [-0.15, -0.1) is 0 Å². The molecule has 150 valence electrons.